The number of aliphatic hydroxyl groups is 1. The van der Waals surface area contributed by atoms with Gasteiger partial charge in [0.15, 0.2) is 16.1 Å². The molecule has 1 rings (SSSR count). The van der Waals surface area contributed by atoms with E-state index in [4.69, 9.17) is 15.4 Å². The Morgan fingerprint density at radius 2 is 1.89 bits per heavy atom. The molecule has 0 spiro atoms. The van der Waals surface area contributed by atoms with Gasteiger partial charge < -0.3 is 10.8 Å². The highest BCUT2D eigenvalue weighted by Gasteiger charge is 2.24. The molecule has 19 heavy (non-hydrogen) atoms. The average molecular weight is 311 g/mol. The van der Waals surface area contributed by atoms with Gasteiger partial charge in [-0.2, -0.15) is 8.42 Å². The number of aliphatic hydroxyl groups excluding tert-OH is 1. The summed E-state index contributed by atoms with van der Waals surface area (Å²) < 4.78 is 56.4. The second-order valence-corrected chi connectivity index (χ2v) is 6.86. The van der Waals surface area contributed by atoms with E-state index >= 15 is 0 Å². The predicted octanol–water partition coefficient (Wildman–Crippen LogP) is -0.511. The molecule has 0 saturated carbocycles. The molecule has 0 aliphatic rings. The highest BCUT2D eigenvalue weighted by atomic mass is 32.3. The van der Waals surface area contributed by atoms with E-state index < -0.39 is 32.3 Å². The Morgan fingerprint density at radius 1 is 1.32 bits per heavy atom. The minimum absolute atomic E-state index is 0.141. The third kappa shape index (κ3) is 4.76. The number of anilines is 1. The van der Waals surface area contributed by atoms with Crippen LogP contribution in [0, 0.1) is 6.92 Å². The summed E-state index contributed by atoms with van der Waals surface area (Å²) in [6, 6.07) is 3.88. The standard InChI is InChI=1S/C9H13NO7S2/c1-6-4-7(2-3-8(6)10)18(12,13)5-9(11)17-19(14,15)16/h2-4,9,11H,5,10H2,1H3,(H,14,15,16). The molecule has 0 amide bonds. The Hall–Kier alpha value is -1.20. The molecule has 0 saturated heterocycles. The first-order valence-corrected chi connectivity index (χ1v) is 7.95. The molecule has 0 aromatic heterocycles. The van der Waals surface area contributed by atoms with E-state index in [0.29, 0.717) is 11.3 Å². The fourth-order valence-electron chi connectivity index (χ4n) is 1.29. The SMILES string of the molecule is Cc1cc(S(=O)(=O)CC(O)OS(=O)(=O)O)ccc1N. The van der Waals surface area contributed by atoms with Crippen molar-refractivity contribution in [2.24, 2.45) is 0 Å². The molecule has 0 fully saturated rings. The lowest BCUT2D eigenvalue weighted by Crippen LogP contribution is -2.26. The number of nitrogens with two attached hydrogens (primary N) is 1. The van der Waals surface area contributed by atoms with Crippen LogP contribution in [-0.4, -0.2) is 38.5 Å². The highest BCUT2D eigenvalue weighted by Crippen LogP contribution is 2.19. The first-order chi connectivity index (χ1) is 8.51. The zero-order valence-electron chi connectivity index (χ0n) is 9.85. The first kappa shape index (κ1) is 15.9. The monoisotopic (exact) mass is 311 g/mol. The van der Waals surface area contributed by atoms with E-state index in [0.717, 1.165) is 0 Å². The normalized spacial score (nSPS) is 14.3. The Kier molecular flexibility index (Phi) is 4.53. The van der Waals surface area contributed by atoms with Crippen molar-refractivity contribution in [3.8, 4) is 0 Å². The minimum atomic E-state index is -4.93. The van der Waals surface area contributed by atoms with Crippen LogP contribution < -0.4 is 5.73 Å². The van der Waals surface area contributed by atoms with Crippen LogP contribution >= 0.6 is 0 Å². The van der Waals surface area contributed by atoms with Gasteiger partial charge in [-0.1, -0.05) is 0 Å². The number of hydrogen-bond donors (Lipinski definition) is 3. The second kappa shape index (κ2) is 5.43. The van der Waals surface area contributed by atoms with Crippen LogP contribution in [-0.2, 0) is 24.4 Å². The van der Waals surface area contributed by atoms with Gasteiger partial charge in [0, 0.05) is 5.69 Å². The van der Waals surface area contributed by atoms with Gasteiger partial charge in [-0.05, 0) is 30.7 Å². The molecule has 4 N–H and O–H groups in total. The molecule has 1 aromatic rings. The van der Waals surface area contributed by atoms with Crippen molar-refractivity contribution < 1.29 is 30.7 Å². The molecule has 1 unspecified atom stereocenters. The van der Waals surface area contributed by atoms with Crippen LogP contribution in [0.25, 0.3) is 0 Å². The van der Waals surface area contributed by atoms with Crippen LogP contribution in [0.2, 0.25) is 0 Å². The zero-order valence-corrected chi connectivity index (χ0v) is 11.5. The van der Waals surface area contributed by atoms with E-state index in [-0.39, 0.29) is 4.90 Å². The lowest BCUT2D eigenvalue weighted by Gasteiger charge is -2.11. The van der Waals surface area contributed by atoms with Crippen molar-refractivity contribution in [1.29, 1.82) is 0 Å². The van der Waals surface area contributed by atoms with E-state index in [2.05, 4.69) is 4.18 Å². The van der Waals surface area contributed by atoms with E-state index in [1.165, 1.54) is 18.2 Å². The summed E-state index contributed by atoms with van der Waals surface area (Å²) in [5.41, 5.74) is 6.45. The number of nitrogen functional groups attached to an aromatic ring is 1. The number of sulfone groups is 1. The van der Waals surface area contributed by atoms with Gasteiger partial charge in [0.2, 0.25) is 0 Å². The van der Waals surface area contributed by atoms with Crippen LogP contribution in [0.1, 0.15) is 5.56 Å². The molecule has 0 heterocycles. The lowest BCUT2D eigenvalue weighted by molar-refractivity contribution is -0.000201. The summed E-state index contributed by atoms with van der Waals surface area (Å²) in [5, 5.41) is 9.14. The van der Waals surface area contributed by atoms with Crippen LogP contribution in [0.5, 0.6) is 0 Å². The van der Waals surface area contributed by atoms with Crippen molar-refractivity contribution in [3.05, 3.63) is 23.8 Å². The molecule has 1 atom stereocenters. The second-order valence-electron chi connectivity index (χ2n) is 3.78. The van der Waals surface area contributed by atoms with Gasteiger partial charge in [0.1, 0.15) is 5.75 Å². The van der Waals surface area contributed by atoms with Gasteiger partial charge >= 0.3 is 10.4 Å². The molecule has 0 aliphatic carbocycles. The van der Waals surface area contributed by atoms with Crippen molar-refractivity contribution >= 4 is 25.9 Å². The first-order valence-electron chi connectivity index (χ1n) is 4.94. The summed E-state index contributed by atoms with van der Waals surface area (Å²) in [7, 11) is -8.90. The minimum Gasteiger partial charge on any atom is -0.399 e. The Morgan fingerprint density at radius 3 is 2.37 bits per heavy atom. The van der Waals surface area contributed by atoms with Crippen molar-refractivity contribution in [1.82, 2.24) is 0 Å². The zero-order chi connectivity index (χ0) is 14.8. The smallest absolute Gasteiger partial charge is 0.399 e. The molecule has 8 nitrogen and oxygen atoms in total. The van der Waals surface area contributed by atoms with Crippen LogP contribution in [0.15, 0.2) is 23.1 Å². The van der Waals surface area contributed by atoms with E-state index in [1.54, 1.807) is 6.92 Å². The molecular formula is C9H13NO7S2. The van der Waals surface area contributed by atoms with Crippen molar-refractivity contribution in [2.75, 3.05) is 11.5 Å². The van der Waals surface area contributed by atoms with Gasteiger partial charge in [0.25, 0.3) is 0 Å². The molecule has 108 valence electrons. The Bertz CT molecular complexity index is 666. The van der Waals surface area contributed by atoms with Crippen LogP contribution in [0.3, 0.4) is 0 Å². The summed E-state index contributed by atoms with van der Waals surface area (Å²) in [5.74, 6) is -1.02. The maximum atomic E-state index is 11.8. The van der Waals surface area contributed by atoms with Gasteiger partial charge in [-0.3, -0.25) is 4.55 Å². The summed E-state index contributed by atoms with van der Waals surface area (Å²) >= 11 is 0. The van der Waals surface area contributed by atoms with Crippen molar-refractivity contribution in [3.63, 3.8) is 0 Å². The van der Waals surface area contributed by atoms with E-state index in [1.807, 2.05) is 0 Å². The molecule has 10 heteroatoms. The summed E-state index contributed by atoms with van der Waals surface area (Å²) in [6.45, 7) is 1.60. The van der Waals surface area contributed by atoms with Gasteiger partial charge in [-0.15, -0.1) is 0 Å². The molecule has 1 aromatic carbocycles. The summed E-state index contributed by atoms with van der Waals surface area (Å²) in [6.07, 6.45) is -2.20. The van der Waals surface area contributed by atoms with Gasteiger partial charge in [-0.25, -0.2) is 12.6 Å². The molecule has 0 aliphatic heterocycles. The van der Waals surface area contributed by atoms with Crippen molar-refractivity contribution in [2.45, 2.75) is 18.1 Å². The maximum Gasteiger partial charge on any atom is 0.399 e. The Labute approximate surface area is 110 Å². The van der Waals surface area contributed by atoms with Crippen LogP contribution in [0.4, 0.5) is 5.69 Å². The third-order valence-electron chi connectivity index (χ3n) is 2.20. The Balaban J connectivity index is 2.95. The van der Waals surface area contributed by atoms with Gasteiger partial charge in [0.05, 0.1) is 4.90 Å². The molecular weight excluding hydrogens is 298 g/mol. The highest BCUT2D eigenvalue weighted by molar-refractivity contribution is 7.91. The summed E-state index contributed by atoms with van der Waals surface area (Å²) in [4.78, 5) is -0.141. The fraction of sp³-hybridized carbons (Fsp3) is 0.333. The van der Waals surface area contributed by atoms with E-state index in [9.17, 15) is 16.8 Å². The number of rotatable bonds is 5. The maximum absolute atomic E-state index is 11.8. The molecule has 0 radical (unpaired) electrons. The number of benzene rings is 1. The topological polar surface area (TPSA) is 144 Å². The quantitative estimate of drug-likeness (QED) is 0.374. The number of aryl methyl sites for hydroxylation is 1. The fourth-order valence-corrected chi connectivity index (χ4v) is 3.00. The average Bonchev–Trinajstić information content (AvgIpc) is 2.17. The largest absolute Gasteiger partial charge is 0.399 e. The third-order valence-corrected chi connectivity index (χ3v) is 4.36. The lowest BCUT2D eigenvalue weighted by atomic mass is 10.2. The predicted molar refractivity (Wildman–Crippen MR) is 66.3 cm³/mol. The number of hydrogen-bond acceptors (Lipinski definition) is 7. The molecule has 0 bridgehead atoms.